The number of amides is 2. The van der Waals surface area contributed by atoms with Gasteiger partial charge in [0.05, 0.1) is 89.0 Å². The van der Waals surface area contributed by atoms with Gasteiger partial charge < -0.3 is 65.3 Å². The first-order valence-corrected chi connectivity index (χ1v) is 24.9. The molecule has 7 aromatic rings. The van der Waals surface area contributed by atoms with E-state index >= 15 is 0 Å². The Morgan fingerprint density at radius 3 is 2.37 bits per heavy atom. The number of aliphatic carboxylic acids is 1. The van der Waals surface area contributed by atoms with Crippen molar-refractivity contribution in [2.24, 2.45) is 0 Å². The van der Waals surface area contributed by atoms with Gasteiger partial charge >= 0.3 is 5.97 Å². The molecule has 25 heteroatoms. The SMILES string of the molecule is Nc1nc2cc(-c3nn(Cc4ccc5c(c4)CCN(C(=O)CCOCCOCCOCCOCCNC(=O)c4cnc(N6CCN(c7ncc8c(n7)CCNC8)C[C@@H]6C(=O)O)nc4)C5)c4ncnc(N)c34)ccc2o1. The molecular formula is C50H58N16O9. The number of hydrogen-bond donors (Lipinski definition) is 5. The van der Waals surface area contributed by atoms with Gasteiger partial charge in [-0.15, -0.1) is 0 Å². The van der Waals surface area contributed by atoms with Crippen LogP contribution in [0.1, 0.15) is 44.7 Å². The zero-order valence-corrected chi connectivity index (χ0v) is 41.2. The molecular weight excluding hydrogens is 969 g/mol. The number of carboxylic acids is 1. The highest BCUT2D eigenvalue weighted by atomic mass is 16.6. The minimum atomic E-state index is -1.02. The van der Waals surface area contributed by atoms with Gasteiger partial charge in [0.2, 0.25) is 17.8 Å². The topological polar surface area (TPSA) is 315 Å². The summed E-state index contributed by atoms with van der Waals surface area (Å²) in [6, 6.07) is 11.0. The number of carboxylic acid groups (broad SMARTS) is 1. The summed E-state index contributed by atoms with van der Waals surface area (Å²) in [5, 5.41) is 21.7. The maximum absolute atomic E-state index is 13.1. The molecule has 392 valence electrons. The van der Waals surface area contributed by atoms with Crippen molar-refractivity contribution in [3.8, 4) is 11.3 Å². The fourth-order valence-electron chi connectivity index (χ4n) is 9.32. The molecule has 7 N–H and O–H groups in total. The van der Waals surface area contributed by atoms with E-state index < -0.39 is 12.0 Å². The van der Waals surface area contributed by atoms with Crippen molar-refractivity contribution in [2.75, 3.05) is 113 Å². The lowest BCUT2D eigenvalue weighted by Gasteiger charge is -2.39. The number of hydrogen-bond acceptors (Lipinski definition) is 21. The number of carbonyl (C=O) groups is 3. The van der Waals surface area contributed by atoms with Crippen LogP contribution in [0.25, 0.3) is 33.4 Å². The van der Waals surface area contributed by atoms with E-state index in [1.807, 2.05) is 26.6 Å². The van der Waals surface area contributed by atoms with Crippen molar-refractivity contribution in [1.29, 1.82) is 0 Å². The number of nitrogens with one attached hydrogen (secondary N) is 2. The molecule has 10 rings (SSSR count). The summed E-state index contributed by atoms with van der Waals surface area (Å²) in [4.78, 5) is 74.4. The minimum Gasteiger partial charge on any atom is -0.480 e. The van der Waals surface area contributed by atoms with E-state index in [-0.39, 0.29) is 55.5 Å². The van der Waals surface area contributed by atoms with Gasteiger partial charge in [-0.05, 0) is 41.3 Å². The Kier molecular flexibility index (Phi) is 15.8. The van der Waals surface area contributed by atoms with Crippen molar-refractivity contribution < 1.29 is 42.9 Å². The Hall–Kier alpha value is -7.97. The minimum absolute atomic E-state index is 0.0402. The van der Waals surface area contributed by atoms with Crippen LogP contribution in [0.2, 0.25) is 0 Å². The predicted molar refractivity (Wildman–Crippen MR) is 272 cm³/mol. The number of piperazine rings is 1. The highest BCUT2D eigenvalue weighted by Gasteiger charge is 2.35. The van der Waals surface area contributed by atoms with Crippen LogP contribution in [-0.4, -0.2) is 171 Å². The second-order valence-electron chi connectivity index (χ2n) is 18.2. The number of ether oxygens (including phenoxy) is 4. The molecule has 0 saturated carbocycles. The number of carbonyl (C=O) groups excluding carboxylic acids is 2. The molecule has 3 aliphatic rings. The molecule has 5 aromatic heterocycles. The summed E-state index contributed by atoms with van der Waals surface area (Å²) in [6.07, 6.45) is 7.82. The number of anilines is 4. The van der Waals surface area contributed by atoms with Gasteiger partial charge in [0.25, 0.3) is 11.9 Å². The lowest BCUT2D eigenvalue weighted by molar-refractivity contribution is -0.138. The Morgan fingerprint density at radius 1 is 0.800 bits per heavy atom. The van der Waals surface area contributed by atoms with Gasteiger partial charge in [0.1, 0.15) is 29.4 Å². The second kappa shape index (κ2) is 23.5. The first kappa shape index (κ1) is 50.6. The van der Waals surface area contributed by atoms with Crippen LogP contribution >= 0.6 is 0 Å². The van der Waals surface area contributed by atoms with Crippen molar-refractivity contribution in [1.82, 2.24) is 60.2 Å². The van der Waals surface area contributed by atoms with Crippen LogP contribution in [0, 0.1) is 0 Å². The van der Waals surface area contributed by atoms with Crippen LogP contribution in [-0.2, 0) is 61.0 Å². The van der Waals surface area contributed by atoms with Crippen LogP contribution in [0.4, 0.5) is 23.7 Å². The fraction of sp³-hybridized carbons (Fsp3) is 0.420. The average Bonchev–Trinajstić information content (AvgIpc) is 4.01. The summed E-state index contributed by atoms with van der Waals surface area (Å²) < 4.78 is 29.7. The average molecular weight is 1030 g/mol. The number of fused-ring (bicyclic) bond motifs is 4. The van der Waals surface area contributed by atoms with E-state index in [1.54, 1.807) is 17.2 Å². The summed E-state index contributed by atoms with van der Waals surface area (Å²) in [5.74, 6) is -0.280. The molecule has 75 heavy (non-hydrogen) atoms. The molecule has 8 heterocycles. The number of nitrogens with two attached hydrogens (primary N) is 2. The predicted octanol–water partition coefficient (Wildman–Crippen LogP) is 1.62. The highest BCUT2D eigenvalue weighted by molar-refractivity contribution is 5.99. The van der Waals surface area contributed by atoms with Crippen LogP contribution in [0.15, 0.2) is 65.7 Å². The molecule has 1 saturated heterocycles. The van der Waals surface area contributed by atoms with Gasteiger partial charge in [-0.2, -0.15) is 10.1 Å². The van der Waals surface area contributed by atoms with Gasteiger partial charge in [-0.25, -0.2) is 39.4 Å². The summed E-state index contributed by atoms with van der Waals surface area (Å²) in [5.41, 5.74) is 21.0. The van der Waals surface area contributed by atoms with Gasteiger partial charge in [-0.1, -0.05) is 18.2 Å². The fourth-order valence-corrected chi connectivity index (χ4v) is 9.32. The molecule has 0 unspecified atom stereocenters. The van der Waals surface area contributed by atoms with Crippen molar-refractivity contribution in [3.05, 3.63) is 94.8 Å². The second-order valence-corrected chi connectivity index (χ2v) is 18.2. The molecule has 1 atom stereocenters. The molecule has 25 nitrogen and oxygen atoms in total. The molecule has 1 fully saturated rings. The van der Waals surface area contributed by atoms with Gasteiger partial charge in [0.15, 0.2) is 11.2 Å². The first-order valence-electron chi connectivity index (χ1n) is 24.9. The standard InChI is InChI=1S/C50H58N16O9/c51-44-42-43(33-3-4-40-38(22-33)60-48(52)75-40)62-66(45(42)59-30-58-44)27-31-1-2-34-28-63(10-6-32(34)21-31)41(67)7-13-71-15-17-73-19-20-74-18-16-72-14-9-54-46(68)36-25-55-49(56-26-36)65-12-11-64(29-39(65)47(69)70)50-57-24-35-23-53-8-5-37(35)61-50/h1-4,21-22,24-26,30,39,53H,5-20,23,27-29H2,(H2,52,60)(H,54,68)(H,69,70)(H2,51,58,59)/t39-/m1/s1. The number of rotatable bonds is 22. The molecule has 2 amide bonds. The zero-order chi connectivity index (χ0) is 51.7. The molecule has 2 aromatic carbocycles. The van der Waals surface area contributed by atoms with Gasteiger partial charge in [-0.3, -0.25) is 9.59 Å². The summed E-state index contributed by atoms with van der Waals surface area (Å²) in [6.45, 7) is 7.17. The molecule has 0 aliphatic carbocycles. The Balaban J connectivity index is 0.561. The molecule has 0 bridgehead atoms. The first-order chi connectivity index (χ1) is 36.6. The van der Waals surface area contributed by atoms with Crippen LogP contribution in [0.5, 0.6) is 0 Å². The Labute approximate surface area is 429 Å². The number of oxazole rings is 1. The number of aromatic nitrogens is 9. The Bertz CT molecular complexity index is 3150. The van der Waals surface area contributed by atoms with E-state index in [9.17, 15) is 19.5 Å². The molecule has 0 spiro atoms. The summed E-state index contributed by atoms with van der Waals surface area (Å²) >= 11 is 0. The van der Waals surface area contributed by atoms with E-state index in [0.29, 0.717) is 119 Å². The summed E-state index contributed by atoms with van der Waals surface area (Å²) in [7, 11) is 0. The third kappa shape index (κ3) is 12.0. The normalized spacial score (nSPS) is 15.6. The number of nitrogens with zero attached hydrogens (tertiary/aromatic N) is 12. The monoisotopic (exact) mass is 1030 g/mol. The van der Waals surface area contributed by atoms with Crippen molar-refractivity contribution in [2.45, 2.75) is 44.9 Å². The van der Waals surface area contributed by atoms with Crippen molar-refractivity contribution in [3.63, 3.8) is 0 Å². The molecule has 3 aliphatic heterocycles. The van der Waals surface area contributed by atoms with E-state index in [1.165, 1.54) is 24.3 Å². The lowest BCUT2D eigenvalue weighted by Crippen LogP contribution is -2.57. The largest absolute Gasteiger partial charge is 0.480 e. The van der Waals surface area contributed by atoms with E-state index in [2.05, 4.69) is 58.7 Å². The number of benzene rings is 2. The zero-order valence-electron chi connectivity index (χ0n) is 41.2. The highest BCUT2D eigenvalue weighted by Crippen LogP contribution is 2.33. The van der Waals surface area contributed by atoms with Crippen LogP contribution < -0.4 is 31.9 Å². The third-order valence-corrected chi connectivity index (χ3v) is 13.2. The van der Waals surface area contributed by atoms with E-state index in [4.69, 9.17) is 44.9 Å². The van der Waals surface area contributed by atoms with E-state index in [0.717, 1.165) is 53.9 Å². The quantitative estimate of drug-likeness (QED) is 0.0603. The maximum Gasteiger partial charge on any atom is 0.328 e. The lowest BCUT2D eigenvalue weighted by atomic mass is 9.97. The maximum atomic E-state index is 13.1. The van der Waals surface area contributed by atoms with Gasteiger partial charge in [0, 0.05) is 82.0 Å². The smallest absolute Gasteiger partial charge is 0.328 e. The van der Waals surface area contributed by atoms with Crippen LogP contribution in [0.3, 0.4) is 0 Å². The number of nitrogen functional groups attached to an aromatic ring is 2. The third-order valence-electron chi connectivity index (χ3n) is 13.2. The Morgan fingerprint density at radius 2 is 1.57 bits per heavy atom. The van der Waals surface area contributed by atoms with Crippen molar-refractivity contribution >= 4 is 63.6 Å². The molecule has 0 radical (unpaired) electrons.